The van der Waals surface area contributed by atoms with Crippen molar-refractivity contribution in [3.8, 4) is 0 Å². The first kappa shape index (κ1) is 23.7. The third-order valence-electron chi connectivity index (χ3n) is 4.10. The number of nitrogens with one attached hydrogen (secondary N) is 2. The molecular formula is C19H24Cl2N4O3. The largest absolute Gasteiger partial charge is 0.398 e. The van der Waals surface area contributed by atoms with Crippen LogP contribution in [0.4, 0.5) is 17.1 Å². The number of carbonyl (C=O) groups is 2. The lowest BCUT2D eigenvalue weighted by molar-refractivity contribution is -0.118. The number of para-hydroxylation sites is 1. The molecular weight excluding hydrogens is 403 g/mol. The molecule has 152 valence electrons. The normalized spacial score (nSPS) is 13.6. The zero-order valence-electron chi connectivity index (χ0n) is 15.2. The van der Waals surface area contributed by atoms with Crippen molar-refractivity contribution in [2.75, 3.05) is 49.2 Å². The van der Waals surface area contributed by atoms with Crippen LogP contribution in [0.1, 0.15) is 10.4 Å². The third kappa shape index (κ3) is 6.69. The smallest absolute Gasteiger partial charge is 0.257 e. The lowest BCUT2D eigenvalue weighted by Crippen LogP contribution is -2.41. The molecule has 1 aliphatic heterocycles. The van der Waals surface area contributed by atoms with Crippen molar-refractivity contribution in [1.29, 1.82) is 0 Å². The first-order valence-corrected chi connectivity index (χ1v) is 8.48. The summed E-state index contributed by atoms with van der Waals surface area (Å²) in [5, 5.41) is 5.65. The lowest BCUT2D eigenvalue weighted by atomic mass is 10.1. The molecule has 0 unspecified atom stereocenters. The maximum Gasteiger partial charge on any atom is 0.257 e. The molecule has 0 atom stereocenters. The number of halogens is 2. The highest BCUT2D eigenvalue weighted by molar-refractivity contribution is 6.07. The van der Waals surface area contributed by atoms with E-state index in [1.54, 1.807) is 48.5 Å². The SMILES string of the molecule is Cl.Cl.Nc1ccccc1C(=O)Nc1ccc(NC(=O)CN2CCOCC2)cc1. The van der Waals surface area contributed by atoms with Crippen LogP contribution in [-0.4, -0.2) is 49.6 Å². The highest BCUT2D eigenvalue weighted by Gasteiger charge is 2.14. The standard InChI is InChI=1S/C19H22N4O3.2ClH/c20-17-4-2-1-3-16(17)19(25)22-15-7-5-14(6-8-15)21-18(24)13-23-9-11-26-12-10-23;;/h1-8H,9-13,20H2,(H,21,24)(H,22,25);2*1H. The molecule has 3 rings (SSSR count). The molecule has 0 saturated carbocycles. The zero-order valence-corrected chi connectivity index (χ0v) is 16.9. The van der Waals surface area contributed by atoms with Crippen LogP contribution in [0.25, 0.3) is 0 Å². The fourth-order valence-electron chi connectivity index (χ4n) is 2.70. The fraction of sp³-hybridized carbons (Fsp3) is 0.263. The lowest BCUT2D eigenvalue weighted by Gasteiger charge is -2.25. The summed E-state index contributed by atoms with van der Waals surface area (Å²) in [6.45, 7) is 3.19. The van der Waals surface area contributed by atoms with E-state index in [9.17, 15) is 9.59 Å². The van der Waals surface area contributed by atoms with Gasteiger partial charge in [-0.25, -0.2) is 0 Å². The van der Waals surface area contributed by atoms with Gasteiger partial charge in [-0.15, -0.1) is 24.8 Å². The van der Waals surface area contributed by atoms with E-state index < -0.39 is 0 Å². The summed E-state index contributed by atoms with van der Waals surface area (Å²) in [5.74, 6) is -0.340. The molecule has 1 saturated heterocycles. The number of rotatable bonds is 5. The number of carbonyl (C=O) groups excluding carboxylic acids is 2. The van der Waals surface area contributed by atoms with E-state index >= 15 is 0 Å². The number of nitrogen functional groups attached to an aromatic ring is 1. The van der Waals surface area contributed by atoms with E-state index in [-0.39, 0.29) is 36.6 Å². The van der Waals surface area contributed by atoms with Crippen molar-refractivity contribution in [3.05, 3.63) is 54.1 Å². The molecule has 0 spiro atoms. The average molecular weight is 427 g/mol. The first-order chi connectivity index (χ1) is 12.6. The summed E-state index contributed by atoms with van der Waals surface area (Å²) < 4.78 is 5.27. The number of amides is 2. The fourth-order valence-corrected chi connectivity index (χ4v) is 2.70. The van der Waals surface area contributed by atoms with Crippen LogP contribution < -0.4 is 16.4 Å². The van der Waals surface area contributed by atoms with Gasteiger partial charge in [0, 0.05) is 30.2 Å². The molecule has 1 fully saturated rings. The zero-order chi connectivity index (χ0) is 18.4. The summed E-state index contributed by atoms with van der Waals surface area (Å²) in [4.78, 5) is 26.4. The molecule has 9 heteroatoms. The minimum atomic E-state index is -0.271. The minimum absolute atomic E-state index is 0. The van der Waals surface area contributed by atoms with Gasteiger partial charge in [0.2, 0.25) is 5.91 Å². The maximum atomic E-state index is 12.2. The van der Waals surface area contributed by atoms with Crippen LogP contribution >= 0.6 is 24.8 Å². The van der Waals surface area contributed by atoms with E-state index in [0.29, 0.717) is 42.4 Å². The number of nitrogens with zero attached hydrogens (tertiary/aromatic N) is 1. The Kier molecular flexibility index (Phi) is 9.75. The summed E-state index contributed by atoms with van der Waals surface area (Å²) >= 11 is 0. The first-order valence-electron chi connectivity index (χ1n) is 8.48. The molecule has 0 bridgehead atoms. The third-order valence-corrected chi connectivity index (χ3v) is 4.10. The quantitative estimate of drug-likeness (QED) is 0.638. The Balaban J connectivity index is 0.00000196. The molecule has 28 heavy (non-hydrogen) atoms. The van der Waals surface area contributed by atoms with Crippen molar-refractivity contribution in [3.63, 3.8) is 0 Å². The van der Waals surface area contributed by atoms with E-state index in [1.165, 1.54) is 0 Å². The average Bonchev–Trinajstić information content (AvgIpc) is 2.64. The number of ether oxygens (including phenoxy) is 1. The van der Waals surface area contributed by atoms with Gasteiger partial charge in [-0.05, 0) is 36.4 Å². The van der Waals surface area contributed by atoms with E-state index in [0.717, 1.165) is 13.1 Å². The Morgan fingerprint density at radius 2 is 1.50 bits per heavy atom. The van der Waals surface area contributed by atoms with Crippen molar-refractivity contribution < 1.29 is 14.3 Å². The Morgan fingerprint density at radius 1 is 0.929 bits per heavy atom. The van der Waals surface area contributed by atoms with Gasteiger partial charge >= 0.3 is 0 Å². The number of morpholine rings is 1. The van der Waals surface area contributed by atoms with Gasteiger partial charge < -0.3 is 21.1 Å². The summed E-state index contributed by atoms with van der Waals surface area (Å²) in [5.41, 5.74) is 7.97. The Labute approximate surface area is 176 Å². The van der Waals surface area contributed by atoms with Crippen molar-refractivity contribution >= 4 is 53.7 Å². The Bertz CT molecular complexity index is 781. The monoisotopic (exact) mass is 426 g/mol. The highest BCUT2D eigenvalue weighted by atomic mass is 35.5. The molecule has 1 heterocycles. The summed E-state index contributed by atoms with van der Waals surface area (Å²) in [6.07, 6.45) is 0. The van der Waals surface area contributed by atoms with Crippen LogP contribution in [-0.2, 0) is 9.53 Å². The second kappa shape index (κ2) is 11.5. The molecule has 0 aliphatic carbocycles. The van der Waals surface area contributed by atoms with Gasteiger partial charge in [0.25, 0.3) is 5.91 Å². The summed E-state index contributed by atoms with van der Waals surface area (Å²) in [7, 11) is 0. The number of benzene rings is 2. The molecule has 1 aliphatic rings. The molecule has 0 aromatic heterocycles. The Hall–Kier alpha value is -2.32. The van der Waals surface area contributed by atoms with Gasteiger partial charge in [0.15, 0.2) is 0 Å². The van der Waals surface area contributed by atoms with E-state index in [1.807, 2.05) is 0 Å². The molecule has 4 N–H and O–H groups in total. The highest BCUT2D eigenvalue weighted by Crippen LogP contribution is 2.17. The van der Waals surface area contributed by atoms with Crippen LogP contribution in [0.2, 0.25) is 0 Å². The van der Waals surface area contributed by atoms with Crippen molar-refractivity contribution in [1.82, 2.24) is 4.90 Å². The molecule has 2 aromatic rings. The number of nitrogens with two attached hydrogens (primary N) is 1. The molecule has 2 amide bonds. The predicted molar refractivity (Wildman–Crippen MR) is 116 cm³/mol. The summed E-state index contributed by atoms with van der Waals surface area (Å²) in [6, 6.07) is 13.9. The molecule has 0 radical (unpaired) electrons. The molecule has 2 aromatic carbocycles. The van der Waals surface area contributed by atoms with Crippen molar-refractivity contribution in [2.24, 2.45) is 0 Å². The van der Waals surface area contributed by atoms with Gasteiger partial charge in [-0.3, -0.25) is 14.5 Å². The van der Waals surface area contributed by atoms with Gasteiger partial charge in [-0.1, -0.05) is 12.1 Å². The minimum Gasteiger partial charge on any atom is -0.398 e. The van der Waals surface area contributed by atoms with Gasteiger partial charge in [0.05, 0.1) is 25.3 Å². The van der Waals surface area contributed by atoms with Crippen LogP contribution in [0.5, 0.6) is 0 Å². The van der Waals surface area contributed by atoms with Crippen LogP contribution in [0, 0.1) is 0 Å². The Morgan fingerprint density at radius 3 is 2.11 bits per heavy atom. The number of hydrogen-bond acceptors (Lipinski definition) is 5. The van der Waals surface area contributed by atoms with Crippen LogP contribution in [0.3, 0.4) is 0 Å². The maximum absolute atomic E-state index is 12.2. The topological polar surface area (TPSA) is 96.7 Å². The molecule has 7 nitrogen and oxygen atoms in total. The predicted octanol–water partition coefficient (Wildman–Crippen LogP) is 2.64. The van der Waals surface area contributed by atoms with Crippen molar-refractivity contribution in [2.45, 2.75) is 0 Å². The second-order valence-corrected chi connectivity index (χ2v) is 6.06. The number of anilines is 3. The number of hydrogen-bond donors (Lipinski definition) is 3. The second-order valence-electron chi connectivity index (χ2n) is 6.06. The van der Waals surface area contributed by atoms with E-state index in [4.69, 9.17) is 10.5 Å². The van der Waals surface area contributed by atoms with Gasteiger partial charge in [-0.2, -0.15) is 0 Å². The van der Waals surface area contributed by atoms with Crippen LogP contribution in [0.15, 0.2) is 48.5 Å². The van der Waals surface area contributed by atoms with E-state index in [2.05, 4.69) is 15.5 Å². The van der Waals surface area contributed by atoms with Gasteiger partial charge in [0.1, 0.15) is 0 Å².